The summed E-state index contributed by atoms with van der Waals surface area (Å²) in [6.45, 7) is 4.00. The highest BCUT2D eigenvalue weighted by molar-refractivity contribution is 5.72. The van der Waals surface area contributed by atoms with Gasteiger partial charge in [-0.2, -0.15) is 0 Å². The normalized spacial score (nSPS) is 30.7. The summed E-state index contributed by atoms with van der Waals surface area (Å²) in [4.78, 5) is 10.7. The summed E-state index contributed by atoms with van der Waals surface area (Å²) in [6.07, 6.45) is 6.00. The van der Waals surface area contributed by atoms with Gasteiger partial charge in [-0.3, -0.25) is 4.79 Å². The van der Waals surface area contributed by atoms with E-state index in [9.17, 15) is 4.79 Å². The molecule has 0 aromatic rings. The van der Waals surface area contributed by atoms with E-state index in [-0.39, 0.29) is 0 Å². The van der Waals surface area contributed by atoms with E-state index in [0.717, 1.165) is 18.8 Å². The molecular weight excluding hydrogens is 178 g/mol. The van der Waals surface area contributed by atoms with Crippen molar-refractivity contribution in [1.82, 2.24) is 5.32 Å². The molecule has 0 heterocycles. The van der Waals surface area contributed by atoms with Gasteiger partial charge in [0.25, 0.3) is 0 Å². The zero-order valence-corrected chi connectivity index (χ0v) is 9.12. The van der Waals surface area contributed by atoms with E-state index in [1.54, 1.807) is 6.92 Å². The molecule has 2 N–H and O–H groups in total. The third kappa shape index (κ3) is 3.66. The second kappa shape index (κ2) is 5.35. The van der Waals surface area contributed by atoms with Crippen molar-refractivity contribution in [3.63, 3.8) is 0 Å². The van der Waals surface area contributed by atoms with Gasteiger partial charge in [-0.25, -0.2) is 0 Å². The minimum Gasteiger partial charge on any atom is -0.480 e. The molecule has 1 rings (SSSR count). The SMILES string of the molecule is CC1CCCC(NC(C)C(=O)O)CC1. The van der Waals surface area contributed by atoms with Crippen molar-refractivity contribution < 1.29 is 9.90 Å². The Hall–Kier alpha value is -0.570. The van der Waals surface area contributed by atoms with Crippen LogP contribution in [0.25, 0.3) is 0 Å². The molecular formula is C11H21NO2. The van der Waals surface area contributed by atoms with Gasteiger partial charge in [-0.1, -0.05) is 19.8 Å². The Balaban J connectivity index is 2.33. The highest BCUT2D eigenvalue weighted by Crippen LogP contribution is 2.22. The molecule has 1 aliphatic rings. The van der Waals surface area contributed by atoms with Crippen LogP contribution in [0, 0.1) is 5.92 Å². The molecule has 1 saturated carbocycles. The topological polar surface area (TPSA) is 49.3 Å². The van der Waals surface area contributed by atoms with E-state index in [1.165, 1.54) is 19.3 Å². The monoisotopic (exact) mass is 199 g/mol. The van der Waals surface area contributed by atoms with E-state index >= 15 is 0 Å². The van der Waals surface area contributed by atoms with Crippen molar-refractivity contribution in [2.45, 2.75) is 58.0 Å². The second-order valence-electron chi connectivity index (χ2n) is 4.54. The molecule has 0 radical (unpaired) electrons. The van der Waals surface area contributed by atoms with Gasteiger partial charge in [0.15, 0.2) is 0 Å². The Kier molecular flexibility index (Phi) is 4.39. The van der Waals surface area contributed by atoms with Crippen LogP contribution in [0.1, 0.15) is 46.0 Å². The summed E-state index contributed by atoms with van der Waals surface area (Å²) in [5.74, 6) is 0.0595. The van der Waals surface area contributed by atoms with Crippen molar-refractivity contribution in [3.05, 3.63) is 0 Å². The zero-order chi connectivity index (χ0) is 10.6. The first-order valence-corrected chi connectivity index (χ1v) is 5.58. The number of carboxylic acids is 1. The van der Waals surface area contributed by atoms with Crippen molar-refractivity contribution in [2.24, 2.45) is 5.92 Å². The molecule has 3 atom stereocenters. The predicted molar refractivity (Wildman–Crippen MR) is 56.3 cm³/mol. The molecule has 82 valence electrons. The Morgan fingerprint density at radius 1 is 1.36 bits per heavy atom. The van der Waals surface area contributed by atoms with E-state index in [2.05, 4.69) is 12.2 Å². The molecule has 0 amide bonds. The molecule has 3 unspecified atom stereocenters. The van der Waals surface area contributed by atoms with Crippen LogP contribution in [0.4, 0.5) is 0 Å². The Labute approximate surface area is 85.9 Å². The van der Waals surface area contributed by atoms with Gasteiger partial charge in [0, 0.05) is 6.04 Å². The predicted octanol–water partition coefficient (Wildman–Crippen LogP) is 2.02. The molecule has 1 aliphatic carbocycles. The average Bonchev–Trinajstić information content (AvgIpc) is 2.31. The van der Waals surface area contributed by atoms with Crippen molar-refractivity contribution >= 4 is 5.97 Å². The summed E-state index contributed by atoms with van der Waals surface area (Å²) >= 11 is 0. The molecule has 3 heteroatoms. The van der Waals surface area contributed by atoms with E-state index in [0.29, 0.717) is 6.04 Å². The molecule has 0 bridgehead atoms. The van der Waals surface area contributed by atoms with Crippen LogP contribution in [-0.4, -0.2) is 23.2 Å². The van der Waals surface area contributed by atoms with Crippen molar-refractivity contribution in [3.8, 4) is 0 Å². The average molecular weight is 199 g/mol. The zero-order valence-electron chi connectivity index (χ0n) is 9.12. The lowest BCUT2D eigenvalue weighted by atomic mass is 10.0. The lowest BCUT2D eigenvalue weighted by Crippen LogP contribution is -2.41. The maximum absolute atomic E-state index is 10.7. The highest BCUT2D eigenvalue weighted by atomic mass is 16.4. The number of aliphatic carboxylic acids is 1. The van der Waals surface area contributed by atoms with Gasteiger partial charge >= 0.3 is 5.97 Å². The molecule has 0 spiro atoms. The summed E-state index contributed by atoms with van der Waals surface area (Å²) in [5.41, 5.74) is 0. The Bertz CT molecular complexity index is 194. The maximum Gasteiger partial charge on any atom is 0.320 e. The van der Waals surface area contributed by atoms with Gasteiger partial charge in [0.2, 0.25) is 0 Å². The summed E-state index contributed by atoms with van der Waals surface area (Å²) in [5, 5.41) is 12.0. The van der Waals surface area contributed by atoms with E-state index in [1.807, 2.05) is 0 Å². The number of carbonyl (C=O) groups is 1. The largest absolute Gasteiger partial charge is 0.480 e. The smallest absolute Gasteiger partial charge is 0.320 e. The first-order valence-electron chi connectivity index (χ1n) is 5.58. The number of carboxylic acid groups (broad SMARTS) is 1. The number of hydrogen-bond acceptors (Lipinski definition) is 2. The Morgan fingerprint density at radius 2 is 2.07 bits per heavy atom. The quantitative estimate of drug-likeness (QED) is 0.684. The summed E-state index contributed by atoms with van der Waals surface area (Å²) in [6, 6.07) is -0.000504. The van der Waals surface area contributed by atoms with Crippen LogP contribution in [0.2, 0.25) is 0 Å². The first-order chi connectivity index (χ1) is 6.59. The number of rotatable bonds is 3. The van der Waals surface area contributed by atoms with Crippen LogP contribution in [0.15, 0.2) is 0 Å². The summed E-state index contributed by atoms with van der Waals surface area (Å²) < 4.78 is 0. The maximum atomic E-state index is 10.7. The molecule has 0 aliphatic heterocycles. The van der Waals surface area contributed by atoms with E-state index < -0.39 is 12.0 Å². The van der Waals surface area contributed by atoms with Crippen LogP contribution in [0.5, 0.6) is 0 Å². The van der Waals surface area contributed by atoms with Gasteiger partial charge in [0.1, 0.15) is 6.04 Å². The third-order valence-electron chi connectivity index (χ3n) is 3.11. The minimum absolute atomic E-state index is 0.408. The van der Waals surface area contributed by atoms with Gasteiger partial charge in [-0.05, 0) is 32.1 Å². The molecule has 1 fully saturated rings. The fraction of sp³-hybridized carbons (Fsp3) is 0.909. The van der Waals surface area contributed by atoms with Crippen LogP contribution >= 0.6 is 0 Å². The molecule has 3 nitrogen and oxygen atoms in total. The fourth-order valence-electron chi connectivity index (χ4n) is 2.08. The van der Waals surface area contributed by atoms with Gasteiger partial charge in [-0.15, -0.1) is 0 Å². The number of hydrogen-bond donors (Lipinski definition) is 2. The van der Waals surface area contributed by atoms with Gasteiger partial charge < -0.3 is 10.4 Å². The highest BCUT2D eigenvalue weighted by Gasteiger charge is 2.19. The minimum atomic E-state index is -0.748. The van der Waals surface area contributed by atoms with Crippen LogP contribution < -0.4 is 5.32 Å². The molecule has 0 saturated heterocycles. The lowest BCUT2D eigenvalue weighted by molar-refractivity contribution is -0.139. The third-order valence-corrected chi connectivity index (χ3v) is 3.11. The first kappa shape index (κ1) is 11.5. The van der Waals surface area contributed by atoms with Crippen molar-refractivity contribution in [2.75, 3.05) is 0 Å². The lowest BCUT2D eigenvalue weighted by Gasteiger charge is -2.19. The van der Waals surface area contributed by atoms with E-state index in [4.69, 9.17) is 5.11 Å². The molecule has 0 aromatic heterocycles. The van der Waals surface area contributed by atoms with Crippen LogP contribution in [0.3, 0.4) is 0 Å². The summed E-state index contributed by atoms with van der Waals surface area (Å²) in [7, 11) is 0. The van der Waals surface area contributed by atoms with Gasteiger partial charge in [0.05, 0.1) is 0 Å². The number of nitrogens with one attached hydrogen (secondary N) is 1. The fourth-order valence-corrected chi connectivity index (χ4v) is 2.08. The molecule has 14 heavy (non-hydrogen) atoms. The molecule has 0 aromatic carbocycles. The van der Waals surface area contributed by atoms with Crippen LogP contribution in [-0.2, 0) is 4.79 Å². The standard InChI is InChI=1S/C11H21NO2/c1-8-4-3-5-10(7-6-8)12-9(2)11(13)14/h8-10,12H,3-7H2,1-2H3,(H,13,14). The Morgan fingerprint density at radius 3 is 2.71 bits per heavy atom. The second-order valence-corrected chi connectivity index (χ2v) is 4.54. The van der Waals surface area contributed by atoms with Crippen molar-refractivity contribution in [1.29, 1.82) is 0 Å².